The highest BCUT2D eigenvalue weighted by Gasteiger charge is 2.30. The quantitative estimate of drug-likeness (QED) is 0.596. The monoisotopic (exact) mass is 381 g/mol. The Kier molecular flexibility index (Phi) is 5.83. The number of carbonyl (C=O) groups excluding carboxylic acids is 2. The zero-order chi connectivity index (χ0) is 20.1. The van der Waals surface area contributed by atoms with Crippen molar-refractivity contribution in [1.82, 2.24) is 15.1 Å². The van der Waals surface area contributed by atoms with E-state index in [1.165, 1.54) is 11.2 Å². The summed E-state index contributed by atoms with van der Waals surface area (Å²) in [6.45, 7) is 2.82. The number of hydrogen-bond acceptors (Lipinski definition) is 4. The molecule has 1 aliphatic rings. The fourth-order valence-electron chi connectivity index (χ4n) is 2.95. The third-order valence-corrected chi connectivity index (χ3v) is 4.42. The molecule has 1 aliphatic heterocycles. The van der Waals surface area contributed by atoms with Gasteiger partial charge in [0.25, 0.3) is 11.8 Å². The van der Waals surface area contributed by atoms with Gasteiger partial charge < -0.3 is 11.1 Å². The van der Waals surface area contributed by atoms with E-state index in [2.05, 4.69) is 20.4 Å². The molecule has 1 unspecified atom stereocenters. The molecule has 2 aromatic rings. The predicted octanol–water partition coefficient (Wildman–Crippen LogP) is 0.629. The lowest BCUT2D eigenvalue weighted by molar-refractivity contribution is -0.124. The molecule has 0 saturated carbocycles. The molecule has 3 N–H and O–H groups in total. The second kappa shape index (κ2) is 8.47. The number of aryl methyl sites for hydroxylation is 2. The standard InChI is InChI=1S/C19H23N7O2/c1-13-10-16-25(2)19(28)15(8-9-26(16)24-13)23-18(27)17(20)22-12-21-11-14-6-4-3-5-7-14/h3-7,10,12,15H,8-9,11H2,1-2H3,(H,23,27)(H2,20,21,22). The molecule has 0 spiro atoms. The first kappa shape index (κ1) is 19.3. The zero-order valence-electron chi connectivity index (χ0n) is 15.9. The molecule has 9 nitrogen and oxygen atoms in total. The van der Waals surface area contributed by atoms with Crippen LogP contribution >= 0.6 is 0 Å². The summed E-state index contributed by atoms with van der Waals surface area (Å²) < 4.78 is 1.76. The van der Waals surface area contributed by atoms with Crippen LogP contribution in [0, 0.1) is 6.92 Å². The number of carbonyl (C=O) groups is 2. The number of rotatable bonds is 4. The van der Waals surface area contributed by atoms with Crippen LogP contribution in [0.5, 0.6) is 0 Å². The number of benzene rings is 1. The molecule has 2 amide bonds. The molecule has 146 valence electrons. The normalized spacial score (nSPS) is 17.5. The van der Waals surface area contributed by atoms with E-state index < -0.39 is 11.9 Å². The van der Waals surface area contributed by atoms with Crippen LogP contribution in [0.1, 0.15) is 17.7 Å². The van der Waals surface area contributed by atoms with Gasteiger partial charge in [0, 0.05) is 19.7 Å². The highest BCUT2D eigenvalue weighted by atomic mass is 16.2. The van der Waals surface area contributed by atoms with Crippen LogP contribution in [-0.2, 0) is 22.7 Å². The largest absolute Gasteiger partial charge is 0.379 e. The van der Waals surface area contributed by atoms with Gasteiger partial charge in [-0.05, 0) is 18.9 Å². The van der Waals surface area contributed by atoms with E-state index in [4.69, 9.17) is 5.73 Å². The van der Waals surface area contributed by atoms with Gasteiger partial charge in [0.05, 0.1) is 12.2 Å². The number of nitrogens with two attached hydrogens (primary N) is 1. The summed E-state index contributed by atoms with van der Waals surface area (Å²) in [5.74, 6) is -0.370. The molecular formula is C19H23N7O2. The number of nitrogens with zero attached hydrogens (tertiary/aromatic N) is 5. The second-order valence-corrected chi connectivity index (χ2v) is 6.54. The number of anilines is 1. The van der Waals surface area contributed by atoms with Crippen LogP contribution in [0.15, 0.2) is 46.4 Å². The van der Waals surface area contributed by atoms with E-state index in [0.717, 1.165) is 11.3 Å². The first-order valence-corrected chi connectivity index (χ1v) is 8.94. The van der Waals surface area contributed by atoms with Crippen molar-refractivity contribution in [3.8, 4) is 0 Å². The van der Waals surface area contributed by atoms with Gasteiger partial charge in [0.2, 0.25) is 0 Å². The zero-order valence-corrected chi connectivity index (χ0v) is 15.9. The molecule has 1 aromatic carbocycles. The van der Waals surface area contributed by atoms with E-state index in [1.54, 1.807) is 11.7 Å². The lowest BCUT2D eigenvalue weighted by Crippen LogP contribution is -2.50. The Hall–Kier alpha value is -3.49. The van der Waals surface area contributed by atoms with Gasteiger partial charge in [-0.15, -0.1) is 0 Å². The maximum absolute atomic E-state index is 12.7. The van der Waals surface area contributed by atoms with E-state index in [0.29, 0.717) is 25.3 Å². The van der Waals surface area contributed by atoms with Gasteiger partial charge in [-0.3, -0.25) is 19.5 Å². The van der Waals surface area contributed by atoms with Crippen LogP contribution in [-0.4, -0.2) is 46.9 Å². The van der Waals surface area contributed by atoms with Crippen molar-refractivity contribution >= 4 is 29.8 Å². The summed E-state index contributed by atoms with van der Waals surface area (Å²) in [5, 5.41) is 7.01. The molecule has 0 saturated heterocycles. The maximum Gasteiger partial charge on any atom is 0.287 e. The molecule has 0 aliphatic carbocycles. The van der Waals surface area contributed by atoms with Gasteiger partial charge in [0.15, 0.2) is 5.84 Å². The molecule has 0 bridgehead atoms. The SMILES string of the molecule is Cc1cc2n(n1)CCC(NC(=O)C(N)=NC=NCc1ccccc1)C(=O)N2C. The molecule has 0 radical (unpaired) electrons. The number of amidine groups is 1. The topological polar surface area (TPSA) is 118 Å². The van der Waals surface area contributed by atoms with Crippen LogP contribution < -0.4 is 16.0 Å². The van der Waals surface area contributed by atoms with Gasteiger partial charge >= 0.3 is 0 Å². The molecule has 2 heterocycles. The minimum absolute atomic E-state index is 0.224. The van der Waals surface area contributed by atoms with Gasteiger partial charge in [-0.1, -0.05) is 30.3 Å². The number of aromatic nitrogens is 2. The summed E-state index contributed by atoms with van der Waals surface area (Å²) in [5.41, 5.74) is 7.58. The Balaban J connectivity index is 1.59. The van der Waals surface area contributed by atoms with Crippen molar-refractivity contribution < 1.29 is 9.59 Å². The Morgan fingerprint density at radius 3 is 2.89 bits per heavy atom. The predicted molar refractivity (Wildman–Crippen MR) is 107 cm³/mol. The minimum atomic E-state index is -0.700. The van der Waals surface area contributed by atoms with E-state index >= 15 is 0 Å². The van der Waals surface area contributed by atoms with E-state index in [9.17, 15) is 9.59 Å². The molecular weight excluding hydrogens is 358 g/mol. The van der Waals surface area contributed by atoms with Crippen molar-refractivity contribution in [2.24, 2.45) is 15.7 Å². The number of fused-ring (bicyclic) bond motifs is 1. The second-order valence-electron chi connectivity index (χ2n) is 6.54. The van der Waals surface area contributed by atoms with Crippen LogP contribution in [0.3, 0.4) is 0 Å². The van der Waals surface area contributed by atoms with E-state index in [-0.39, 0.29) is 11.7 Å². The number of hydrogen-bond donors (Lipinski definition) is 2. The molecule has 3 rings (SSSR count). The lowest BCUT2D eigenvalue weighted by atomic mass is 10.2. The Labute approximate surface area is 163 Å². The highest BCUT2D eigenvalue weighted by Crippen LogP contribution is 2.20. The lowest BCUT2D eigenvalue weighted by Gasteiger charge is -2.20. The number of nitrogens with one attached hydrogen (secondary N) is 1. The average Bonchev–Trinajstić information content (AvgIpc) is 3.03. The van der Waals surface area contributed by atoms with Crippen LogP contribution in [0.4, 0.5) is 5.82 Å². The van der Waals surface area contributed by atoms with Gasteiger partial charge in [-0.2, -0.15) is 5.10 Å². The number of amides is 2. The minimum Gasteiger partial charge on any atom is -0.379 e. The van der Waals surface area contributed by atoms with Crippen molar-refractivity contribution in [3.05, 3.63) is 47.7 Å². The molecule has 28 heavy (non-hydrogen) atoms. The number of aliphatic imine (C=N–C) groups is 2. The summed E-state index contributed by atoms with van der Waals surface area (Å²) >= 11 is 0. The van der Waals surface area contributed by atoms with Crippen molar-refractivity contribution in [1.29, 1.82) is 0 Å². The molecule has 1 aromatic heterocycles. The van der Waals surface area contributed by atoms with Crippen molar-refractivity contribution in [3.63, 3.8) is 0 Å². The Bertz CT molecular complexity index is 918. The Morgan fingerprint density at radius 1 is 1.39 bits per heavy atom. The summed E-state index contributed by atoms with van der Waals surface area (Å²) in [6.07, 6.45) is 1.67. The summed E-state index contributed by atoms with van der Waals surface area (Å²) in [7, 11) is 1.66. The van der Waals surface area contributed by atoms with Crippen molar-refractivity contribution in [2.45, 2.75) is 32.5 Å². The Morgan fingerprint density at radius 2 is 2.14 bits per heavy atom. The van der Waals surface area contributed by atoms with Crippen LogP contribution in [0.25, 0.3) is 0 Å². The molecule has 9 heteroatoms. The maximum atomic E-state index is 12.7. The summed E-state index contributed by atoms with van der Waals surface area (Å²) in [4.78, 5) is 34.4. The molecule has 1 atom stereocenters. The molecule has 0 fully saturated rings. The van der Waals surface area contributed by atoms with Gasteiger partial charge in [0.1, 0.15) is 18.2 Å². The van der Waals surface area contributed by atoms with Crippen molar-refractivity contribution in [2.75, 3.05) is 11.9 Å². The smallest absolute Gasteiger partial charge is 0.287 e. The van der Waals surface area contributed by atoms with Gasteiger partial charge in [-0.25, -0.2) is 9.67 Å². The fraction of sp³-hybridized carbons (Fsp3) is 0.316. The highest BCUT2D eigenvalue weighted by molar-refractivity contribution is 6.38. The third kappa shape index (κ3) is 4.43. The van der Waals surface area contributed by atoms with E-state index in [1.807, 2.05) is 43.3 Å². The van der Waals surface area contributed by atoms with Crippen LogP contribution in [0.2, 0.25) is 0 Å². The third-order valence-electron chi connectivity index (χ3n) is 4.42. The first-order chi connectivity index (χ1) is 13.5. The summed E-state index contributed by atoms with van der Waals surface area (Å²) in [6, 6.07) is 10.8. The number of likely N-dealkylation sites (N-methyl/N-ethyl adjacent to an activating group) is 1. The average molecular weight is 381 g/mol. The fourth-order valence-corrected chi connectivity index (χ4v) is 2.95. The first-order valence-electron chi connectivity index (χ1n) is 8.94.